The van der Waals surface area contributed by atoms with Crippen molar-refractivity contribution in [2.75, 3.05) is 6.54 Å². The SMILES string of the molecule is Cc1cc(-c2ncnn2C)c2cccc(OCc3c(Cl)cc(F)cc3[C@H](C)N3C[C@@H](OC(F)F)CC3=O)c2n1. The van der Waals surface area contributed by atoms with Crippen molar-refractivity contribution in [3.63, 3.8) is 0 Å². The fraction of sp³-hybridized carbons (Fsp3) is 0.333. The first-order chi connectivity index (χ1) is 18.6. The van der Waals surface area contributed by atoms with Crippen LogP contribution in [0, 0.1) is 12.7 Å². The predicted molar refractivity (Wildman–Crippen MR) is 138 cm³/mol. The Kier molecular flexibility index (Phi) is 7.46. The summed E-state index contributed by atoms with van der Waals surface area (Å²) < 4.78 is 52.3. The Hall–Kier alpha value is -3.70. The maximum Gasteiger partial charge on any atom is 0.345 e. The molecule has 1 aliphatic heterocycles. The number of halogens is 4. The number of benzene rings is 2. The molecule has 12 heteroatoms. The number of para-hydroxylation sites is 1. The number of amides is 1. The number of nitrogens with zero attached hydrogens (tertiary/aromatic N) is 5. The lowest BCUT2D eigenvalue weighted by molar-refractivity contribution is -0.159. The lowest BCUT2D eigenvalue weighted by Crippen LogP contribution is -2.30. The van der Waals surface area contributed by atoms with Gasteiger partial charge in [0, 0.05) is 35.8 Å². The molecule has 1 amide bonds. The van der Waals surface area contributed by atoms with Crippen molar-refractivity contribution in [2.24, 2.45) is 7.05 Å². The number of carbonyl (C=O) groups excluding carboxylic acids is 1. The number of pyridine rings is 1. The summed E-state index contributed by atoms with van der Waals surface area (Å²) in [6, 6.07) is 9.22. The summed E-state index contributed by atoms with van der Waals surface area (Å²) in [5.74, 6) is 0.185. The lowest BCUT2D eigenvalue weighted by atomic mass is 10.00. The number of hydrogen-bond donors (Lipinski definition) is 0. The van der Waals surface area contributed by atoms with E-state index in [2.05, 4.69) is 19.8 Å². The zero-order chi connectivity index (χ0) is 27.8. The molecule has 0 unspecified atom stereocenters. The van der Waals surface area contributed by atoms with E-state index in [4.69, 9.17) is 16.3 Å². The highest BCUT2D eigenvalue weighted by Crippen LogP contribution is 2.36. The van der Waals surface area contributed by atoms with Crippen molar-refractivity contribution in [3.05, 3.63) is 70.4 Å². The summed E-state index contributed by atoms with van der Waals surface area (Å²) in [6.45, 7) is 0.470. The highest BCUT2D eigenvalue weighted by molar-refractivity contribution is 6.31. The molecule has 0 aliphatic carbocycles. The third kappa shape index (κ3) is 5.41. The van der Waals surface area contributed by atoms with Gasteiger partial charge in [0.2, 0.25) is 5.91 Å². The van der Waals surface area contributed by atoms with Gasteiger partial charge in [-0.1, -0.05) is 23.7 Å². The first-order valence-corrected chi connectivity index (χ1v) is 12.6. The molecule has 8 nitrogen and oxygen atoms in total. The second-order valence-corrected chi connectivity index (χ2v) is 9.77. The van der Waals surface area contributed by atoms with Crippen LogP contribution in [0.15, 0.2) is 42.7 Å². The summed E-state index contributed by atoms with van der Waals surface area (Å²) >= 11 is 6.46. The second kappa shape index (κ2) is 10.8. The summed E-state index contributed by atoms with van der Waals surface area (Å²) in [7, 11) is 1.80. The molecule has 0 radical (unpaired) electrons. The standard InChI is InChI=1S/C27H25ClF3N5O3/c1-14-7-20(26-32-13-33-35(26)3)18-5-4-6-23(25(18)34-14)38-12-21-19(8-16(29)9-22(21)28)15(2)36-11-17(10-24(36)37)39-27(30)31/h4-9,13,15,17,27H,10-12H2,1-3H3/t15-,17-/m0/s1. The third-order valence-corrected chi connectivity index (χ3v) is 7.12. The molecule has 2 aromatic heterocycles. The Morgan fingerprint density at radius 3 is 2.74 bits per heavy atom. The van der Waals surface area contributed by atoms with Gasteiger partial charge < -0.3 is 14.4 Å². The minimum Gasteiger partial charge on any atom is -0.487 e. The van der Waals surface area contributed by atoms with Gasteiger partial charge in [0.05, 0.1) is 23.6 Å². The normalized spacial score (nSPS) is 16.5. The van der Waals surface area contributed by atoms with Crippen LogP contribution in [0.1, 0.15) is 36.2 Å². The largest absolute Gasteiger partial charge is 0.487 e. The third-order valence-electron chi connectivity index (χ3n) is 6.79. The Labute approximate surface area is 227 Å². The Morgan fingerprint density at radius 2 is 2.03 bits per heavy atom. The second-order valence-electron chi connectivity index (χ2n) is 9.36. The number of likely N-dealkylation sites (tertiary alicyclic amines) is 1. The van der Waals surface area contributed by atoms with Gasteiger partial charge in [0.15, 0.2) is 5.82 Å². The van der Waals surface area contributed by atoms with Crippen molar-refractivity contribution in [3.8, 4) is 17.1 Å². The van der Waals surface area contributed by atoms with E-state index in [1.807, 2.05) is 25.1 Å². The van der Waals surface area contributed by atoms with E-state index >= 15 is 0 Å². The fourth-order valence-electron chi connectivity index (χ4n) is 4.97. The van der Waals surface area contributed by atoms with Crippen molar-refractivity contribution in [2.45, 2.75) is 45.6 Å². The molecule has 4 aromatic rings. The number of carbonyl (C=O) groups is 1. The molecule has 2 aromatic carbocycles. The molecule has 3 heterocycles. The molecule has 1 aliphatic rings. The van der Waals surface area contributed by atoms with E-state index in [-0.39, 0.29) is 30.5 Å². The van der Waals surface area contributed by atoms with E-state index in [0.29, 0.717) is 28.2 Å². The maximum absolute atomic E-state index is 14.5. The van der Waals surface area contributed by atoms with Crippen LogP contribution in [0.5, 0.6) is 5.75 Å². The first-order valence-electron chi connectivity index (χ1n) is 12.2. The Bertz CT molecular complexity index is 1550. The van der Waals surface area contributed by atoms with E-state index in [9.17, 15) is 18.0 Å². The van der Waals surface area contributed by atoms with Crippen molar-refractivity contribution < 1.29 is 27.4 Å². The monoisotopic (exact) mass is 559 g/mol. The average molecular weight is 560 g/mol. The molecule has 1 saturated heterocycles. The van der Waals surface area contributed by atoms with Crippen LogP contribution < -0.4 is 4.74 Å². The zero-order valence-electron chi connectivity index (χ0n) is 21.4. The minimum absolute atomic E-state index is 0.0455. The van der Waals surface area contributed by atoms with Crippen LogP contribution in [-0.2, 0) is 23.2 Å². The van der Waals surface area contributed by atoms with Gasteiger partial charge in [0.25, 0.3) is 0 Å². The van der Waals surface area contributed by atoms with Crippen LogP contribution >= 0.6 is 11.6 Å². The highest BCUT2D eigenvalue weighted by atomic mass is 35.5. The van der Waals surface area contributed by atoms with E-state index in [1.54, 1.807) is 24.7 Å². The molecule has 0 N–H and O–H groups in total. The smallest absolute Gasteiger partial charge is 0.345 e. The zero-order valence-corrected chi connectivity index (χ0v) is 22.1. The summed E-state index contributed by atoms with van der Waals surface area (Å²) in [6.07, 6.45) is 0.346. The average Bonchev–Trinajstić information content (AvgIpc) is 3.46. The molecule has 0 saturated carbocycles. The number of alkyl halides is 2. The molecule has 2 atom stereocenters. The number of aryl methyl sites for hydroxylation is 2. The van der Waals surface area contributed by atoms with Gasteiger partial charge in [0.1, 0.15) is 30.0 Å². The molecule has 5 rings (SSSR count). The van der Waals surface area contributed by atoms with Crippen LogP contribution in [0.2, 0.25) is 5.02 Å². The van der Waals surface area contributed by atoms with E-state index in [0.717, 1.165) is 16.6 Å². The van der Waals surface area contributed by atoms with E-state index < -0.39 is 24.6 Å². The van der Waals surface area contributed by atoms with Gasteiger partial charge in [-0.15, -0.1) is 0 Å². The maximum atomic E-state index is 14.5. The summed E-state index contributed by atoms with van der Waals surface area (Å²) in [5.41, 5.74) is 3.07. The Balaban J connectivity index is 1.47. The molecule has 1 fully saturated rings. The van der Waals surface area contributed by atoms with Gasteiger partial charge >= 0.3 is 6.61 Å². The highest BCUT2D eigenvalue weighted by Gasteiger charge is 2.36. The number of fused-ring (bicyclic) bond motifs is 1. The predicted octanol–water partition coefficient (Wildman–Crippen LogP) is 5.61. The van der Waals surface area contributed by atoms with Crippen LogP contribution in [0.25, 0.3) is 22.3 Å². The number of ether oxygens (including phenoxy) is 2. The number of hydrogen-bond acceptors (Lipinski definition) is 6. The van der Waals surface area contributed by atoms with Gasteiger partial charge in [-0.2, -0.15) is 13.9 Å². The summed E-state index contributed by atoms with van der Waals surface area (Å²) in [4.78, 5) is 23.0. The first kappa shape index (κ1) is 26.9. The molecular formula is C27H25ClF3N5O3. The summed E-state index contributed by atoms with van der Waals surface area (Å²) in [5, 5.41) is 5.09. The van der Waals surface area contributed by atoms with Crippen LogP contribution in [0.4, 0.5) is 13.2 Å². The van der Waals surface area contributed by atoms with Crippen molar-refractivity contribution in [1.29, 1.82) is 0 Å². The van der Waals surface area contributed by atoms with Crippen LogP contribution in [-0.4, -0.2) is 49.8 Å². The van der Waals surface area contributed by atoms with Gasteiger partial charge in [-0.25, -0.2) is 19.0 Å². The van der Waals surface area contributed by atoms with E-state index in [1.165, 1.54) is 23.4 Å². The topological polar surface area (TPSA) is 82.4 Å². The molecule has 39 heavy (non-hydrogen) atoms. The fourth-order valence-corrected chi connectivity index (χ4v) is 5.23. The molecule has 204 valence electrons. The molecule has 0 spiro atoms. The quantitative estimate of drug-likeness (QED) is 0.279. The Morgan fingerprint density at radius 1 is 1.23 bits per heavy atom. The van der Waals surface area contributed by atoms with Crippen LogP contribution in [0.3, 0.4) is 0 Å². The van der Waals surface area contributed by atoms with Gasteiger partial charge in [-0.3, -0.25) is 4.79 Å². The van der Waals surface area contributed by atoms with Crippen molar-refractivity contribution in [1.82, 2.24) is 24.6 Å². The number of aromatic nitrogens is 4. The van der Waals surface area contributed by atoms with Gasteiger partial charge in [-0.05, 0) is 43.7 Å². The lowest BCUT2D eigenvalue weighted by Gasteiger charge is -2.27. The molecule has 0 bridgehead atoms. The van der Waals surface area contributed by atoms with Crippen molar-refractivity contribution >= 4 is 28.4 Å². The minimum atomic E-state index is -2.99. The molecular weight excluding hydrogens is 535 g/mol. The number of rotatable bonds is 8.